The Kier molecular flexibility index (Phi) is 2.27. The van der Waals surface area contributed by atoms with Crippen molar-refractivity contribution in [2.75, 3.05) is 18.0 Å². The molecule has 2 aromatic heterocycles. The largest absolute Gasteiger partial charge is 0.357 e. The van der Waals surface area contributed by atoms with Crippen LogP contribution in [0.1, 0.15) is 19.3 Å². The Morgan fingerprint density at radius 3 is 2.75 bits per heavy atom. The average molecular weight is 216 g/mol. The molecule has 0 aliphatic carbocycles. The molecule has 0 amide bonds. The van der Waals surface area contributed by atoms with Crippen LogP contribution in [0, 0.1) is 0 Å². The number of piperidine rings is 1. The Labute approximate surface area is 94.9 Å². The summed E-state index contributed by atoms with van der Waals surface area (Å²) in [4.78, 5) is 7.06. The van der Waals surface area contributed by atoms with Gasteiger partial charge in [-0.25, -0.2) is 4.98 Å². The number of hydrogen-bond donors (Lipinski definition) is 0. The second kappa shape index (κ2) is 3.77. The third-order valence-corrected chi connectivity index (χ3v) is 3.25. The highest BCUT2D eigenvalue weighted by Crippen LogP contribution is 2.20. The third-order valence-electron chi connectivity index (χ3n) is 3.25. The van der Waals surface area contributed by atoms with E-state index in [9.17, 15) is 0 Å². The summed E-state index contributed by atoms with van der Waals surface area (Å²) >= 11 is 0. The van der Waals surface area contributed by atoms with Gasteiger partial charge in [0.15, 0.2) is 5.65 Å². The first-order valence-corrected chi connectivity index (χ1v) is 5.88. The standard InChI is InChI=1S/C12H16N4/c1-15-12-10(9-13-15)5-6-11(14-12)16-7-3-2-4-8-16/h5-6,9H,2-4,7-8H2,1H3. The predicted molar refractivity (Wildman–Crippen MR) is 64.6 cm³/mol. The molecule has 0 saturated carbocycles. The average Bonchev–Trinajstić information content (AvgIpc) is 2.72. The minimum atomic E-state index is 0.975. The lowest BCUT2D eigenvalue weighted by Crippen LogP contribution is -2.30. The molecule has 3 rings (SSSR count). The summed E-state index contributed by atoms with van der Waals surface area (Å²) in [6.07, 6.45) is 5.78. The lowest BCUT2D eigenvalue weighted by molar-refractivity contribution is 0.573. The molecule has 0 aromatic carbocycles. The van der Waals surface area contributed by atoms with Crippen molar-refractivity contribution in [2.24, 2.45) is 7.05 Å². The third kappa shape index (κ3) is 1.54. The van der Waals surface area contributed by atoms with Gasteiger partial charge in [-0.05, 0) is 31.4 Å². The maximum atomic E-state index is 4.68. The Bertz CT molecular complexity index is 497. The van der Waals surface area contributed by atoms with Gasteiger partial charge in [0.05, 0.1) is 6.20 Å². The maximum Gasteiger partial charge on any atom is 0.159 e. The maximum absolute atomic E-state index is 4.68. The van der Waals surface area contributed by atoms with E-state index in [0.717, 1.165) is 29.9 Å². The first kappa shape index (κ1) is 9.63. The van der Waals surface area contributed by atoms with E-state index in [1.54, 1.807) is 0 Å². The Balaban J connectivity index is 1.99. The molecule has 0 N–H and O–H groups in total. The van der Waals surface area contributed by atoms with Crippen molar-refractivity contribution in [1.82, 2.24) is 14.8 Å². The number of fused-ring (bicyclic) bond motifs is 1. The summed E-state index contributed by atoms with van der Waals surface area (Å²) in [5.41, 5.74) is 0.975. The van der Waals surface area contributed by atoms with Gasteiger partial charge in [-0.3, -0.25) is 4.68 Å². The van der Waals surface area contributed by atoms with Crippen LogP contribution in [0.3, 0.4) is 0 Å². The van der Waals surface area contributed by atoms with Crippen molar-refractivity contribution in [2.45, 2.75) is 19.3 Å². The quantitative estimate of drug-likeness (QED) is 0.730. The molecule has 0 unspecified atom stereocenters. The summed E-state index contributed by atoms with van der Waals surface area (Å²) in [5, 5.41) is 5.33. The summed E-state index contributed by atoms with van der Waals surface area (Å²) in [7, 11) is 1.94. The molecule has 0 spiro atoms. The van der Waals surface area contributed by atoms with Crippen LogP contribution in [0.4, 0.5) is 5.82 Å². The number of aromatic nitrogens is 3. The molecule has 0 radical (unpaired) electrons. The molecular formula is C12H16N4. The van der Waals surface area contributed by atoms with Crippen LogP contribution in [0.25, 0.3) is 11.0 Å². The van der Waals surface area contributed by atoms with Gasteiger partial charge in [0.2, 0.25) is 0 Å². The van der Waals surface area contributed by atoms with Gasteiger partial charge in [-0.2, -0.15) is 5.10 Å². The molecule has 0 bridgehead atoms. The van der Waals surface area contributed by atoms with Crippen molar-refractivity contribution in [3.05, 3.63) is 18.3 Å². The van der Waals surface area contributed by atoms with Gasteiger partial charge in [0, 0.05) is 25.5 Å². The number of rotatable bonds is 1. The molecule has 84 valence electrons. The topological polar surface area (TPSA) is 34.0 Å². The SMILES string of the molecule is Cn1ncc2ccc(N3CCCCC3)nc21. The van der Waals surface area contributed by atoms with Crippen molar-refractivity contribution in [1.29, 1.82) is 0 Å². The molecule has 1 saturated heterocycles. The van der Waals surface area contributed by atoms with Crippen molar-refractivity contribution in [3.8, 4) is 0 Å². The lowest BCUT2D eigenvalue weighted by Gasteiger charge is -2.27. The van der Waals surface area contributed by atoms with Gasteiger partial charge in [-0.1, -0.05) is 0 Å². The monoisotopic (exact) mass is 216 g/mol. The summed E-state index contributed by atoms with van der Waals surface area (Å²) in [6, 6.07) is 4.22. The number of hydrogen-bond acceptors (Lipinski definition) is 3. The van der Waals surface area contributed by atoms with E-state index in [2.05, 4.69) is 27.1 Å². The van der Waals surface area contributed by atoms with Crippen LogP contribution >= 0.6 is 0 Å². The van der Waals surface area contributed by atoms with E-state index >= 15 is 0 Å². The van der Waals surface area contributed by atoms with E-state index in [-0.39, 0.29) is 0 Å². The molecule has 1 fully saturated rings. The predicted octanol–water partition coefficient (Wildman–Crippen LogP) is 1.96. The van der Waals surface area contributed by atoms with Crippen LogP contribution in [0.15, 0.2) is 18.3 Å². The highest BCUT2D eigenvalue weighted by molar-refractivity contribution is 5.76. The first-order chi connectivity index (χ1) is 7.84. The highest BCUT2D eigenvalue weighted by atomic mass is 15.3. The van der Waals surface area contributed by atoms with Crippen molar-refractivity contribution < 1.29 is 0 Å². The molecular weight excluding hydrogens is 200 g/mol. The molecule has 4 nitrogen and oxygen atoms in total. The lowest BCUT2D eigenvalue weighted by atomic mass is 10.1. The molecule has 1 aliphatic heterocycles. The fourth-order valence-electron chi connectivity index (χ4n) is 2.31. The fourth-order valence-corrected chi connectivity index (χ4v) is 2.31. The van der Waals surface area contributed by atoms with Gasteiger partial charge < -0.3 is 4.90 Å². The van der Waals surface area contributed by atoms with Crippen LogP contribution in [0.5, 0.6) is 0 Å². The van der Waals surface area contributed by atoms with Gasteiger partial charge in [0.25, 0.3) is 0 Å². The fraction of sp³-hybridized carbons (Fsp3) is 0.500. The van der Waals surface area contributed by atoms with Gasteiger partial charge in [-0.15, -0.1) is 0 Å². The van der Waals surface area contributed by atoms with E-state index in [4.69, 9.17) is 0 Å². The molecule has 4 heteroatoms. The van der Waals surface area contributed by atoms with E-state index < -0.39 is 0 Å². The minimum Gasteiger partial charge on any atom is -0.357 e. The highest BCUT2D eigenvalue weighted by Gasteiger charge is 2.13. The second-order valence-corrected chi connectivity index (χ2v) is 4.40. The van der Waals surface area contributed by atoms with E-state index in [1.807, 2.05) is 17.9 Å². The van der Waals surface area contributed by atoms with E-state index in [1.165, 1.54) is 19.3 Å². The van der Waals surface area contributed by atoms with Gasteiger partial charge >= 0.3 is 0 Å². The molecule has 3 heterocycles. The zero-order valence-electron chi connectivity index (χ0n) is 9.56. The van der Waals surface area contributed by atoms with Crippen LogP contribution in [-0.2, 0) is 7.05 Å². The normalized spacial score (nSPS) is 16.9. The number of anilines is 1. The number of pyridine rings is 1. The number of aryl methyl sites for hydroxylation is 1. The minimum absolute atomic E-state index is 0.975. The molecule has 0 atom stereocenters. The van der Waals surface area contributed by atoms with Crippen LogP contribution in [0.2, 0.25) is 0 Å². The van der Waals surface area contributed by atoms with Crippen molar-refractivity contribution in [3.63, 3.8) is 0 Å². The number of nitrogens with zero attached hydrogens (tertiary/aromatic N) is 4. The Morgan fingerprint density at radius 1 is 1.12 bits per heavy atom. The zero-order chi connectivity index (χ0) is 11.0. The van der Waals surface area contributed by atoms with Crippen LogP contribution < -0.4 is 4.90 Å². The van der Waals surface area contributed by atoms with Crippen LogP contribution in [-0.4, -0.2) is 27.9 Å². The smallest absolute Gasteiger partial charge is 0.159 e. The summed E-state index contributed by atoms with van der Waals surface area (Å²) in [6.45, 7) is 2.27. The summed E-state index contributed by atoms with van der Waals surface area (Å²) < 4.78 is 1.84. The molecule has 2 aromatic rings. The summed E-state index contributed by atoms with van der Waals surface area (Å²) in [5.74, 6) is 1.09. The first-order valence-electron chi connectivity index (χ1n) is 5.88. The van der Waals surface area contributed by atoms with Crippen molar-refractivity contribution >= 4 is 16.9 Å². The second-order valence-electron chi connectivity index (χ2n) is 4.40. The zero-order valence-corrected chi connectivity index (χ0v) is 9.56. The molecule has 1 aliphatic rings. The Morgan fingerprint density at radius 2 is 1.94 bits per heavy atom. The Hall–Kier alpha value is -1.58. The van der Waals surface area contributed by atoms with Gasteiger partial charge in [0.1, 0.15) is 5.82 Å². The molecule has 16 heavy (non-hydrogen) atoms. The van der Waals surface area contributed by atoms with E-state index in [0.29, 0.717) is 0 Å².